The molecule has 0 atom stereocenters. The molecule has 0 aliphatic heterocycles. The molecule has 0 spiro atoms. The Labute approximate surface area is 141 Å². The first kappa shape index (κ1) is 18.0. The molecule has 24 heavy (non-hydrogen) atoms. The summed E-state index contributed by atoms with van der Waals surface area (Å²) in [5, 5.41) is 2.64. The lowest BCUT2D eigenvalue weighted by molar-refractivity contribution is -0.119. The Morgan fingerprint density at radius 3 is 2.38 bits per heavy atom. The summed E-state index contributed by atoms with van der Waals surface area (Å²) in [6.45, 7) is 3.60. The predicted octanol–water partition coefficient (Wildman–Crippen LogP) is 2.69. The van der Waals surface area contributed by atoms with Crippen molar-refractivity contribution in [2.45, 2.75) is 18.7 Å². The lowest BCUT2D eigenvalue weighted by atomic mass is 10.2. The fraction of sp³-hybridized carbons (Fsp3) is 0.235. The van der Waals surface area contributed by atoms with Gasteiger partial charge in [0.2, 0.25) is 5.91 Å². The lowest BCUT2D eigenvalue weighted by Gasteiger charge is -2.13. The normalized spacial score (nSPS) is 11.1. The van der Waals surface area contributed by atoms with Crippen molar-refractivity contribution >= 4 is 27.3 Å². The second-order valence-electron chi connectivity index (χ2n) is 5.43. The van der Waals surface area contributed by atoms with E-state index in [2.05, 4.69) is 10.0 Å². The largest absolute Gasteiger partial charge is 0.375 e. The average Bonchev–Trinajstić information content (AvgIpc) is 2.51. The van der Waals surface area contributed by atoms with Crippen molar-refractivity contribution in [3.8, 4) is 0 Å². The molecule has 0 aliphatic rings. The summed E-state index contributed by atoms with van der Waals surface area (Å²) in [7, 11) is -2.27. The standard InChI is InChI=1S/C17H20N2O4S/c1-12-4-8-15(9-5-12)24(21,22)19-16-10-14(7-6-13(16)2)18-17(20)11-23-3/h4-10,19H,11H2,1-3H3,(H,18,20). The summed E-state index contributed by atoms with van der Waals surface area (Å²) in [5.74, 6) is -0.311. The molecule has 0 saturated heterocycles. The molecule has 2 aromatic carbocycles. The summed E-state index contributed by atoms with van der Waals surface area (Å²) in [4.78, 5) is 11.8. The SMILES string of the molecule is COCC(=O)Nc1ccc(C)c(NS(=O)(=O)c2ccc(C)cc2)c1. The van der Waals surface area contributed by atoms with Crippen LogP contribution in [0.1, 0.15) is 11.1 Å². The molecule has 1 amide bonds. The lowest BCUT2D eigenvalue weighted by Crippen LogP contribution is -2.18. The van der Waals surface area contributed by atoms with E-state index in [0.717, 1.165) is 11.1 Å². The van der Waals surface area contributed by atoms with E-state index in [1.54, 1.807) is 49.4 Å². The minimum absolute atomic E-state index is 0.0711. The van der Waals surface area contributed by atoms with Crippen LogP contribution in [0.4, 0.5) is 11.4 Å². The zero-order chi connectivity index (χ0) is 17.7. The van der Waals surface area contributed by atoms with Crippen molar-refractivity contribution in [1.29, 1.82) is 0 Å². The van der Waals surface area contributed by atoms with Crippen LogP contribution < -0.4 is 10.0 Å². The van der Waals surface area contributed by atoms with Crippen molar-refractivity contribution in [2.75, 3.05) is 23.8 Å². The number of nitrogens with one attached hydrogen (secondary N) is 2. The topological polar surface area (TPSA) is 84.5 Å². The van der Waals surface area contributed by atoms with E-state index in [1.807, 2.05) is 6.92 Å². The third kappa shape index (κ3) is 4.56. The van der Waals surface area contributed by atoms with Crippen LogP contribution >= 0.6 is 0 Å². The first-order valence-electron chi connectivity index (χ1n) is 7.31. The van der Waals surface area contributed by atoms with Crippen LogP contribution in [0.25, 0.3) is 0 Å². The van der Waals surface area contributed by atoms with Crippen molar-refractivity contribution in [2.24, 2.45) is 0 Å². The van der Waals surface area contributed by atoms with E-state index < -0.39 is 10.0 Å². The van der Waals surface area contributed by atoms with Gasteiger partial charge in [-0.25, -0.2) is 8.42 Å². The van der Waals surface area contributed by atoms with E-state index in [-0.39, 0.29) is 17.4 Å². The van der Waals surface area contributed by atoms with Crippen LogP contribution in [-0.2, 0) is 19.6 Å². The van der Waals surface area contributed by atoms with Crippen LogP contribution in [0, 0.1) is 13.8 Å². The molecule has 0 fully saturated rings. The first-order valence-corrected chi connectivity index (χ1v) is 8.79. The molecule has 0 unspecified atom stereocenters. The number of hydrogen-bond acceptors (Lipinski definition) is 4. The molecule has 0 aromatic heterocycles. The van der Waals surface area contributed by atoms with Gasteiger partial charge in [-0.2, -0.15) is 0 Å². The van der Waals surface area contributed by atoms with Crippen molar-refractivity contribution in [1.82, 2.24) is 0 Å². The quantitative estimate of drug-likeness (QED) is 0.840. The molecule has 0 bridgehead atoms. The highest BCUT2D eigenvalue weighted by molar-refractivity contribution is 7.92. The number of methoxy groups -OCH3 is 1. The van der Waals surface area contributed by atoms with Gasteiger partial charge in [-0.05, 0) is 43.7 Å². The van der Waals surface area contributed by atoms with Gasteiger partial charge in [-0.1, -0.05) is 23.8 Å². The Kier molecular flexibility index (Phi) is 5.58. The maximum absolute atomic E-state index is 12.5. The maximum atomic E-state index is 12.5. The molecule has 2 aromatic rings. The Morgan fingerprint density at radius 2 is 1.75 bits per heavy atom. The molecular weight excluding hydrogens is 328 g/mol. The summed E-state index contributed by atoms with van der Waals surface area (Å²) < 4.78 is 32.3. The third-order valence-corrected chi connectivity index (χ3v) is 4.75. The number of anilines is 2. The summed E-state index contributed by atoms with van der Waals surface area (Å²) in [6, 6.07) is 11.6. The van der Waals surface area contributed by atoms with Gasteiger partial charge in [0.1, 0.15) is 6.61 Å². The minimum Gasteiger partial charge on any atom is -0.375 e. The number of ether oxygens (including phenoxy) is 1. The molecule has 128 valence electrons. The van der Waals surface area contributed by atoms with Gasteiger partial charge in [0.25, 0.3) is 10.0 Å². The molecular formula is C17H20N2O4S. The zero-order valence-electron chi connectivity index (χ0n) is 13.8. The van der Waals surface area contributed by atoms with E-state index in [0.29, 0.717) is 11.4 Å². The summed E-state index contributed by atoms with van der Waals surface area (Å²) in [6.07, 6.45) is 0. The number of carbonyl (C=O) groups excluding carboxylic acids is 1. The summed E-state index contributed by atoms with van der Waals surface area (Å²) in [5.41, 5.74) is 2.62. The van der Waals surface area contributed by atoms with Gasteiger partial charge in [0.05, 0.1) is 10.6 Å². The highest BCUT2D eigenvalue weighted by Crippen LogP contribution is 2.23. The van der Waals surface area contributed by atoms with Gasteiger partial charge in [-0.3, -0.25) is 9.52 Å². The molecule has 2 rings (SSSR count). The third-order valence-electron chi connectivity index (χ3n) is 3.37. The molecule has 0 heterocycles. The zero-order valence-corrected chi connectivity index (χ0v) is 14.6. The number of aryl methyl sites for hydroxylation is 2. The summed E-state index contributed by atoms with van der Waals surface area (Å²) >= 11 is 0. The second-order valence-corrected chi connectivity index (χ2v) is 7.11. The van der Waals surface area contributed by atoms with E-state index in [1.165, 1.54) is 7.11 Å². The molecule has 0 aliphatic carbocycles. The average molecular weight is 348 g/mol. The van der Waals surface area contributed by atoms with Gasteiger partial charge in [0.15, 0.2) is 0 Å². The highest BCUT2D eigenvalue weighted by atomic mass is 32.2. The van der Waals surface area contributed by atoms with E-state index in [4.69, 9.17) is 4.74 Å². The molecule has 7 heteroatoms. The van der Waals surface area contributed by atoms with Gasteiger partial charge < -0.3 is 10.1 Å². The molecule has 6 nitrogen and oxygen atoms in total. The Bertz CT molecular complexity index is 830. The van der Waals surface area contributed by atoms with Crippen LogP contribution in [0.2, 0.25) is 0 Å². The number of rotatable bonds is 6. The van der Waals surface area contributed by atoms with Gasteiger partial charge in [0, 0.05) is 12.8 Å². The maximum Gasteiger partial charge on any atom is 0.261 e. The monoisotopic (exact) mass is 348 g/mol. The van der Waals surface area contributed by atoms with Crippen molar-refractivity contribution < 1.29 is 17.9 Å². The number of hydrogen-bond donors (Lipinski definition) is 2. The number of carbonyl (C=O) groups is 1. The van der Waals surface area contributed by atoms with Crippen LogP contribution in [0.3, 0.4) is 0 Å². The number of sulfonamides is 1. The van der Waals surface area contributed by atoms with Crippen LogP contribution in [-0.4, -0.2) is 28.0 Å². The predicted molar refractivity (Wildman–Crippen MR) is 93.7 cm³/mol. The Hall–Kier alpha value is -2.38. The minimum atomic E-state index is -3.70. The first-order chi connectivity index (χ1) is 11.3. The van der Waals surface area contributed by atoms with Crippen LogP contribution in [0.15, 0.2) is 47.4 Å². The fourth-order valence-electron chi connectivity index (χ4n) is 2.06. The van der Waals surface area contributed by atoms with E-state index >= 15 is 0 Å². The fourth-order valence-corrected chi connectivity index (χ4v) is 3.18. The number of benzene rings is 2. The highest BCUT2D eigenvalue weighted by Gasteiger charge is 2.15. The molecule has 0 radical (unpaired) electrons. The Balaban J connectivity index is 2.25. The van der Waals surface area contributed by atoms with Crippen molar-refractivity contribution in [3.05, 3.63) is 53.6 Å². The Morgan fingerprint density at radius 1 is 1.08 bits per heavy atom. The van der Waals surface area contributed by atoms with Crippen molar-refractivity contribution in [3.63, 3.8) is 0 Å². The number of amides is 1. The van der Waals surface area contributed by atoms with Crippen LogP contribution in [0.5, 0.6) is 0 Å². The van der Waals surface area contributed by atoms with Gasteiger partial charge in [-0.15, -0.1) is 0 Å². The molecule has 0 saturated carbocycles. The smallest absolute Gasteiger partial charge is 0.261 e. The second kappa shape index (κ2) is 7.46. The molecule has 2 N–H and O–H groups in total. The van der Waals surface area contributed by atoms with Gasteiger partial charge >= 0.3 is 0 Å². The van der Waals surface area contributed by atoms with E-state index in [9.17, 15) is 13.2 Å².